The van der Waals surface area contributed by atoms with Gasteiger partial charge in [-0.3, -0.25) is 0 Å². The Hall–Kier alpha value is -1.41. The average Bonchev–Trinajstić information content (AvgIpc) is 2.29. The van der Waals surface area contributed by atoms with Crippen LogP contribution in [0, 0.1) is 11.3 Å². The number of nitrogens with zero attached hydrogens (tertiary/aromatic N) is 1. The molecule has 0 aliphatic carbocycles. The van der Waals surface area contributed by atoms with Crippen molar-refractivity contribution in [2.24, 2.45) is 0 Å². The molecule has 1 N–H and O–H groups in total. The molecule has 1 rings (SSSR count). The van der Waals surface area contributed by atoms with E-state index in [1.54, 1.807) is 6.92 Å². The highest BCUT2D eigenvalue weighted by Crippen LogP contribution is 2.38. The van der Waals surface area contributed by atoms with Crippen molar-refractivity contribution in [1.82, 2.24) is 0 Å². The lowest BCUT2D eigenvalue weighted by Gasteiger charge is -2.20. The van der Waals surface area contributed by atoms with Crippen molar-refractivity contribution in [3.05, 3.63) is 28.8 Å². The van der Waals surface area contributed by atoms with Gasteiger partial charge in [-0.25, -0.2) is 0 Å². The van der Waals surface area contributed by atoms with Gasteiger partial charge >= 0.3 is 6.18 Å². The largest absolute Gasteiger partial charge is 0.418 e. The van der Waals surface area contributed by atoms with Crippen LogP contribution in [0.2, 0.25) is 5.02 Å². The third-order valence-electron chi connectivity index (χ3n) is 2.50. The van der Waals surface area contributed by atoms with Gasteiger partial charge in [0.15, 0.2) is 0 Å². The van der Waals surface area contributed by atoms with Gasteiger partial charge in [0.2, 0.25) is 0 Å². The number of rotatable bonds is 4. The summed E-state index contributed by atoms with van der Waals surface area (Å²) >= 11 is 5.79. The Balaban J connectivity index is 3.11. The number of hydrogen-bond acceptors (Lipinski definition) is 2. The van der Waals surface area contributed by atoms with Gasteiger partial charge in [0.1, 0.15) is 0 Å². The summed E-state index contributed by atoms with van der Waals surface area (Å²) in [5, 5.41) is 11.3. The van der Waals surface area contributed by atoms with E-state index < -0.39 is 11.7 Å². The summed E-state index contributed by atoms with van der Waals surface area (Å²) in [6.07, 6.45) is -3.81. The smallest absolute Gasteiger partial charge is 0.380 e. The van der Waals surface area contributed by atoms with Gasteiger partial charge in [-0.05, 0) is 18.6 Å². The molecule has 1 aromatic carbocycles. The maximum absolute atomic E-state index is 12.8. The maximum Gasteiger partial charge on any atom is 0.418 e. The van der Waals surface area contributed by atoms with E-state index in [4.69, 9.17) is 16.9 Å². The highest BCUT2D eigenvalue weighted by molar-refractivity contribution is 6.33. The van der Waals surface area contributed by atoms with Crippen molar-refractivity contribution >= 4 is 17.3 Å². The second kappa shape index (κ2) is 5.96. The van der Waals surface area contributed by atoms with Crippen LogP contribution in [0.5, 0.6) is 0 Å². The Bertz CT molecular complexity index is 452. The van der Waals surface area contributed by atoms with Crippen LogP contribution in [-0.2, 0) is 6.18 Å². The molecule has 1 atom stereocenters. The topological polar surface area (TPSA) is 35.8 Å². The summed E-state index contributed by atoms with van der Waals surface area (Å²) in [7, 11) is 0. The van der Waals surface area contributed by atoms with Crippen molar-refractivity contribution in [2.75, 3.05) is 5.32 Å². The van der Waals surface area contributed by atoms with Gasteiger partial charge in [0.25, 0.3) is 0 Å². The van der Waals surface area contributed by atoms with E-state index in [9.17, 15) is 13.2 Å². The van der Waals surface area contributed by atoms with E-state index in [-0.39, 0.29) is 23.2 Å². The van der Waals surface area contributed by atoms with E-state index in [0.29, 0.717) is 6.42 Å². The fourth-order valence-corrected chi connectivity index (χ4v) is 1.75. The predicted molar refractivity (Wildman–Crippen MR) is 64.4 cm³/mol. The molecule has 0 aliphatic rings. The molecule has 1 unspecified atom stereocenters. The molecular weight excluding hydrogens is 265 g/mol. The highest BCUT2D eigenvalue weighted by Gasteiger charge is 2.34. The van der Waals surface area contributed by atoms with Crippen molar-refractivity contribution in [1.29, 1.82) is 5.26 Å². The van der Waals surface area contributed by atoms with Gasteiger partial charge in [-0.1, -0.05) is 24.6 Å². The fourth-order valence-electron chi connectivity index (χ4n) is 1.52. The molecule has 6 heteroatoms. The zero-order valence-corrected chi connectivity index (χ0v) is 10.4. The molecular formula is C12H12ClF3N2. The second-order valence-corrected chi connectivity index (χ2v) is 4.18. The Morgan fingerprint density at radius 2 is 2.11 bits per heavy atom. The molecule has 0 radical (unpaired) electrons. The molecule has 2 nitrogen and oxygen atoms in total. The van der Waals surface area contributed by atoms with Gasteiger partial charge in [-0.15, -0.1) is 0 Å². The SMILES string of the molecule is CCC(CC#N)Nc1c(Cl)cccc1C(F)(F)F. The number of nitriles is 1. The normalized spacial score (nSPS) is 12.9. The summed E-state index contributed by atoms with van der Waals surface area (Å²) in [5.41, 5.74) is -0.972. The summed E-state index contributed by atoms with van der Waals surface area (Å²) in [5.74, 6) is 0. The van der Waals surface area contributed by atoms with Crippen LogP contribution >= 0.6 is 11.6 Å². The highest BCUT2D eigenvalue weighted by atomic mass is 35.5. The van der Waals surface area contributed by atoms with Gasteiger partial charge in [0.05, 0.1) is 28.8 Å². The molecule has 18 heavy (non-hydrogen) atoms. The standard InChI is InChI=1S/C12H12ClF3N2/c1-2-8(6-7-17)18-11-9(12(14,15)16)4-3-5-10(11)13/h3-5,8,18H,2,6H2,1H3. The Labute approximate surface area is 108 Å². The molecule has 0 saturated heterocycles. The lowest BCUT2D eigenvalue weighted by atomic mass is 10.1. The molecule has 0 bridgehead atoms. The first-order chi connectivity index (χ1) is 8.40. The minimum atomic E-state index is -4.47. The lowest BCUT2D eigenvalue weighted by molar-refractivity contribution is -0.137. The first-order valence-corrected chi connectivity index (χ1v) is 5.77. The minimum absolute atomic E-state index is 0.00112. The zero-order valence-electron chi connectivity index (χ0n) is 9.68. The number of anilines is 1. The number of hydrogen-bond donors (Lipinski definition) is 1. The molecule has 0 heterocycles. The molecule has 0 aromatic heterocycles. The third kappa shape index (κ3) is 3.54. The second-order valence-electron chi connectivity index (χ2n) is 3.77. The third-order valence-corrected chi connectivity index (χ3v) is 2.81. The van der Waals surface area contributed by atoms with Crippen LogP contribution in [-0.4, -0.2) is 6.04 Å². The zero-order chi connectivity index (χ0) is 13.8. The number of nitrogens with one attached hydrogen (secondary N) is 1. The number of benzene rings is 1. The fraction of sp³-hybridized carbons (Fsp3) is 0.417. The molecule has 98 valence electrons. The van der Waals surface area contributed by atoms with Crippen LogP contribution in [0.3, 0.4) is 0 Å². The first-order valence-electron chi connectivity index (χ1n) is 5.39. The molecule has 0 aliphatic heterocycles. The summed E-state index contributed by atoms with van der Waals surface area (Å²) in [6, 6.07) is 5.18. The Morgan fingerprint density at radius 3 is 2.61 bits per heavy atom. The minimum Gasteiger partial charge on any atom is -0.380 e. The van der Waals surface area contributed by atoms with E-state index in [1.165, 1.54) is 12.1 Å². The summed E-state index contributed by atoms with van der Waals surface area (Å²) < 4.78 is 38.4. The predicted octanol–water partition coefficient (Wildman–Crippen LogP) is 4.46. The van der Waals surface area contributed by atoms with Crippen LogP contribution < -0.4 is 5.32 Å². The van der Waals surface area contributed by atoms with Gasteiger partial charge in [-0.2, -0.15) is 18.4 Å². The lowest BCUT2D eigenvalue weighted by Crippen LogP contribution is -2.21. The number of alkyl halides is 3. The Morgan fingerprint density at radius 1 is 1.44 bits per heavy atom. The summed E-state index contributed by atoms with van der Waals surface area (Å²) in [4.78, 5) is 0. The maximum atomic E-state index is 12.8. The van der Waals surface area contributed by atoms with Crippen LogP contribution in [0.25, 0.3) is 0 Å². The van der Waals surface area contributed by atoms with Crippen molar-refractivity contribution in [3.8, 4) is 6.07 Å². The molecule has 0 amide bonds. The van der Waals surface area contributed by atoms with E-state index in [1.807, 2.05) is 6.07 Å². The number of para-hydroxylation sites is 1. The van der Waals surface area contributed by atoms with Gasteiger partial charge in [0, 0.05) is 6.04 Å². The average molecular weight is 277 g/mol. The number of halogens is 4. The van der Waals surface area contributed by atoms with Gasteiger partial charge < -0.3 is 5.32 Å². The van der Waals surface area contributed by atoms with Crippen LogP contribution in [0.4, 0.5) is 18.9 Å². The molecule has 0 fully saturated rings. The van der Waals surface area contributed by atoms with Crippen molar-refractivity contribution < 1.29 is 13.2 Å². The van der Waals surface area contributed by atoms with E-state index in [2.05, 4.69) is 5.32 Å². The van der Waals surface area contributed by atoms with Crippen LogP contribution in [0.1, 0.15) is 25.3 Å². The monoisotopic (exact) mass is 276 g/mol. The van der Waals surface area contributed by atoms with Crippen LogP contribution in [0.15, 0.2) is 18.2 Å². The molecule has 1 aromatic rings. The van der Waals surface area contributed by atoms with Crippen molar-refractivity contribution in [2.45, 2.75) is 32.0 Å². The quantitative estimate of drug-likeness (QED) is 0.881. The molecule has 0 spiro atoms. The summed E-state index contributed by atoms with van der Waals surface area (Å²) in [6.45, 7) is 1.79. The van der Waals surface area contributed by atoms with E-state index in [0.717, 1.165) is 6.07 Å². The molecule has 0 saturated carbocycles. The Kier molecular flexibility index (Phi) is 4.85. The van der Waals surface area contributed by atoms with E-state index >= 15 is 0 Å². The first kappa shape index (κ1) is 14.7. The van der Waals surface area contributed by atoms with Crippen molar-refractivity contribution in [3.63, 3.8) is 0 Å².